The molecule has 2 amide bonds. The van der Waals surface area contributed by atoms with Crippen LogP contribution in [0.15, 0.2) is 36.5 Å². The maximum atomic E-state index is 13.9. The van der Waals surface area contributed by atoms with E-state index in [0.717, 1.165) is 25.7 Å². The average Bonchev–Trinajstić information content (AvgIpc) is 3.71. The van der Waals surface area contributed by atoms with E-state index in [4.69, 9.17) is 14.0 Å². The van der Waals surface area contributed by atoms with Crippen LogP contribution in [0.1, 0.15) is 63.7 Å². The molecule has 2 saturated heterocycles. The number of likely N-dealkylation sites (tertiary alicyclic amines) is 1. The van der Waals surface area contributed by atoms with E-state index in [1.807, 2.05) is 0 Å². The molecule has 3 aromatic rings. The third-order valence-corrected chi connectivity index (χ3v) is 11.2. The van der Waals surface area contributed by atoms with Crippen LogP contribution in [-0.2, 0) is 18.9 Å². The highest BCUT2D eigenvalue weighted by molar-refractivity contribution is 6.48. The fourth-order valence-corrected chi connectivity index (χ4v) is 8.34. The highest BCUT2D eigenvalue weighted by Gasteiger charge is 2.69. The quantitative estimate of drug-likeness (QED) is 0.113. The van der Waals surface area contributed by atoms with Gasteiger partial charge in [0, 0.05) is 30.3 Å². The first-order chi connectivity index (χ1) is 23.7. The molecule has 10 nitrogen and oxygen atoms in total. The van der Waals surface area contributed by atoms with E-state index in [2.05, 4.69) is 35.8 Å². The molecule has 2 bridgehead atoms. The summed E-state index contributed by atoms with van der Waals surface area (Å²) in [6.07, 6.45) is 5.01. The second-order valence-corrected chi connectivity index (χ2v) is 14.4. The van der Waals surface area contributed by atoms with Gasteiger partial charge in [-0.1, -0.05) is 13.8 Å². The largest absolute Gasteiger partial charge is 0.482 e. The third-order valence-electron chi connectivity index (χ3n) is 11.2. The molecule has 264 valence electrons. The number of rotatable bonds is 8. The van der Waals surface area contributed by atoms with Gasteiger partial charge in [-0.15, -0.1) is 0 Å². The molecule has 0 spiro atoms. The molecular weight excluding hydrogens is 661 g/mol. The van der Waals surface area contributed by atoms with Crippen molar-refractivity contribution < 1.29 is 50.7 Å². The van der Waals surface area contributed by atoms with Crippen LogP contribution in [0.3, 0.4) is 0 Å². The SMILES string of the molecule is C[C@@H](NC(=O)c1ccnc2cc(OCC(=O)Oc3c(F)c(F)cc(F)c3F)ccc12)C(=O)N1CCC[C@H]1B1O[C@@H]2C[C@@H]3C[C@@H](C3(C)C)[C@]2(C)O1. The highest BCUT2D eigenvalue weighted by atomic mass is 19.2. The lowest BCUT2D eigenvalue weighted by Gasteiger charge is -2.64. The van der Waals surface area contributed by atoms with Gasteiger partial charge >= 0.3 is 13.1 Å². The maximum absolute atomic E-state index is 13.9. The van der Waals surface area contributed by atoms with E-state index >= 15 is 0 Å². The molecule has 2 aliphatic heterocycles. The van der Waals surface area contributed by atoms with Gasteiger partial charge in [-0.2, -0.15) is 8.78 Å². The molecule has 8 rings (SSSR count). The van der Waals surface area contributed by atoms with Crippen molar-refractivity contribution in [1.82, 2.24) is 15.2 Å². The number of ether oxygens (including phenoxy) is 2. The number of esters is 1. The number of hydrogen-bond donors (Lipinski definition) is 1. The average molecular weight is 697 g/mol. The Morgan fingerprint density at radius 3 is 2.54 bits per heavy atom. The summed E-state index contributed by atoms with van der Waals surface area (Å²) in [5, 5.41) is 3.23. The van der Waals surface area contributed by atoms with E-state index in [0.29, 0.717) is 29.3 Å². The maximum Gasteiger partial charge on any atom is 0.481 e. The molecule has 5 fully saturated rings. The summed E-state index contributed by atoms with van der Waals surface area (Å²) < 4.78 is 77.5. The highest BCUT2D eigenvalue weighted by Crippen LogP contribution is 2.66. The molecule has 3 aliphatic carbocycles. The van der Waals surface area contributed by atoms with Gasteiger partial charge in [0.25, 0.3) is 5.91 Å². The van der Waals surface area contributed by atoms with Crippen LogP contribution in [0, 0.1) is 40.5 Å². The standard InChI is InChI=1S/C35H36BF4N3O7/c1-17(33(46)43-11-5-6-27(43)36-49-26-13-18-12-25(34(18,2)3)35(26,4)50-36)42-32(45)21-9-10-41-24-14-19(7-8-20(21)24)47-16-28(44)48-31-29(39)22(37)15-23(38)30(31)40/h7-10,14-15,17-18,25-27H,5-6,11-13,16H2,1-4H3,(H,42,45)/t17-,18+,25+,26-,27+,35+/m1/s1. The fourth-order valence-electron chi connectivity index (χ4n) is 8.34. The van der Waals surface area contributed by atoms with Crippen molar-refractivity contribution in [2.24, 2.45) is 17.3 Å². The van der Waals surface area contributed by atoms with Crippen molar-refractivity contribution in [1.29, 1.82) is 0 Å². The molecule has 3 heterocycles. The van der Waals surface area contributed by atoms with Crippen LogP contribution in [0.25, 0.3) is 10.9 Å². The number of hydrogen-bond acceptors (Lipinski definition) is 8. The van der Waals surface area contributed by atoms with E-state index in [1.54, 1.807) is 11.8 Å². The number of nitrogens with one attached hydrogen (secondary N) is 1. The molecule has 50 heavy (non-hydrogen) atoms. The molecule has 0 radical (unpaired) electrons. The summed E-state index contributed by atoms with van der Waals surface area (Å²) in [7, 11) is -0.524. The number of aromatic nitrogens is 1. The third kappa shape index (κ3) is 5.67. The number of nitrogens with zero attached hydrogens (tertiary/aromatic N) is 2. The van der Waals surface area contributed by atoms with Crippen molar-refractivity contribution in [2.75, 3.05) is 13.2 Å². The molecule has 3 saturated carbocycles. The molecule has 6 atom stereocenters. The Hall–Kier alpha value is -4.24. The lowest BCUT2D eigenvalue weighted by Crippen LogP contribution is -2.65. The zero-order chi connectivity index (χ0) is 35.7. The van der Waals surface area contributed by atoms with Gasteiger partial charge in [-0.25, -0.2) is 13.6 Å². The summed E-state index contributed by atoms with van der Waals surface area (Å²) in [4.78, 5) is 45.3. The fraction of sp³-hybridized carbons (Fsp3) is 0.486. The minimum atomic E-state index is -1.86. The predicted molar refractivity (Wildman–Crippen MR) is 171 cm³/mol. The van der Waals surface area contributed by atoms with Crippen molar-refractivity contribution in [3.8, 4) is 11.5 Å². The van der Waals surface area contributed by atoms with Crippen molar-refractivity contribution >= 4 is 35.8 Å². The molecule has 5 aliphatic rings. The van der Waals surface area contributed by atoms with Crippen molar-refractivity contribution in [2.45, 2.75) is 77.1 Å². The van der Waals surface area contributed by atoms with Gasteiger partial charge in [0.05, 0.1) is 28.7 Å². The number of pyridine rings is 1. The minimum Gasteiger partial charge on any atom is -0.482 e. The van der Waals surface area contributed by atoms with E-state index in [-0.39, 0.29) is 46.3 Å². The van der Waals surface area contributed by atoms with Crippen molar-refractivity contribution in [3.05, 3.63) is 65.4 Å². The Labute approximate surface area is 285 Å². The molecule has 1 aromatic heterocycles. The van der Waals surface area contributed by atoms with Crippen LogP contribution in [0.2, 0.25) is 0 Å². The first-order valence-corrected chi connectivity index (χ1v) is 16.7. The summed E-state index contributed by atoms with van der Waals surface area (Å²) >= 11 is 0. The molecule has 0 unspecified atom stereocenters. The topological polar surface area (TPSA) is 116 Å². The van der Waals surface area contributed by atoms with Gasteiger partial charge < -0.3 is 29.0 Å². The van der Waals surface area contributed by atoms with Crippen LogP contribution in [-0.4, -0.2) is 71.6 Å². The molecule has 1 N–H and O–H groups in total. The van der Waals surface area contributed by atoms with Gasteiger partial charge in [-0.3, -0.25) is 14.6 Å². The molecular formula is C35H36BF4N3O7. The van der Waals surface area contributed by atoms with Crippen LogP contribution >= 0.6 is 0 Å². The molecule has 15 heteroatoms. The number of fused-ring (bicyclic) bond motifs is 1. The van der Waals surface area contributed by atoms with E-state index < -0.39 is 60.7 Å². The number of halogens is 4. The Morgan fingerprint density at radius 1 is 1.08 bits per heavy atom. The summed E-state index contributed by atoms with van der Waals surface area (Å²) in [5.41, 5.74) is 0.348. The van der Waals surface area contributed by atoms with E-state index in [9.17, 15) is 31.9 Å². The van der Waals surface area contributed by atoms with Gasteiger partial charge in [0.1, 0.15) is 11.8 Å². The van der Waals surface area contributed by atoms with Gasteiger partial charge in [0.15, 0.2) is 18.2 Å². The Bertz CT molecular complexity index is 1870. The Morgan fingerprint density at radius 2 is 1.82 bits per heavy atom. The number of carbonyl (C=O) groups excluding carboxylic acids is 3. The zero-order valence-corrected chi connectivity index (χ0v) is 27.9. The first kappa shape index (κ1) is 34.2. The Kier molecular flexibility index (Phi) is 8.57. The minimum absolute atomic E-state index is 0.000946. The number of benzene rings is 2. The smallest absolute Gasteiger partial charge is 0.481 e. The van der Waals surface area contributed by atoms with E-state index in [1.165, 1.54) is 30.5 Å². The summed E-state index contributed by atoms with van der Waals surface area (Å²) in [6.45, 7) is 8.05. The van der Waals surface area contributed by atoms with Crippen LogP contribution in [0.4, 0.5) is 17.6 Å². The summed E-state index contributed by atoms with van der Waals surface area (Å²) in [5.74, 6) is -9.94. The predicted octanol–water partition coefficient (Wildman–Crippen LogP) is 5.15. The molecule has 2 aromatic carbocycles. The normalized spacial score (nSPS) is 27.0. The van der Waals surface area contributed by atoms with Gasteiger partial charge in [-0.05, 0) is 75.0 Å². The lowest BCUT2D eigenvalue weighted by molar-refractivity contribution is -0.199. The second kappa shape index (κ2) is 12.5. The van der Waals surface area contributed by atoms with Crippen molar-refractivity contribution in [3.63, 3.8) is 0 Å². The first-order valence-electron chi connectivity index (χ1n) is 16.7. The monoisotopic (exact) mass is 697 g/mol. The van der Waals surface area contributed by atoms with Gasteiger partial charge in [0.2, 0.25) is 23.3 Å². The summed E-state index contributed by atoms with van der Waals surface area (Å²) in [6, 6.07) is 4.99. The van der Waals surface area contributed by atoms with Crippen LogP contribution < -0.4 is 14.8 Å². The Balaban J connectivity index is 0.979. The second-order valence-electron chi connectivity index (χ2n) is 14.4. The lowest BCUT2D eigenvalue weighted by atomic mass is 9.43. The zero-order valence-electron chi connectivity index (χ0n) is 27.9. The van der Waals surface area contributed by atoms with Crippen LogP contribution in [0.5, 0.6) is 11.5 Å². The number of carbonyl (C=O) groups is 3. The number of amides is 2.